The number of nitrogens with one attached hydrogen (secondary N) is 1. The molecule has 4 heteroatoms. The molecule has 0 fully saturated rings. The van der Waals surface area contributed by atoms with E-state index in [1.807, 2.05) is 0 Å². The van der Waals surface area contributed by atoms with Crippen molar-refractivity contribution in [3.05, 3.63) is 0 Å². The Morgan fingerprint density at radius 2 is 1.80 bits per heavy atom. The number of guanidine groups is 1. The van der Waals surface area contributed by atoms with E-state index >= 15 is 0 Å². The van der Waals surface area contributed by atoms with Gasteiger partial charge in [0.15, 0.2) is 5.96 Å². The minimum Gasteiger partial charge on any atom is -0.370 e. The van der Waals surface area contributed by atoms with Gasteiger partial charge in [-0.3, -0.25) is 4.99 Å². The first kappa shape index (κ1) is 14.2. The van der Waals surface area contributed by atoms with Gasteiger partial charge in [0.1, 0.15) is 0 Å². The van der Waals surface area contributed by atoms with Crippen molar-refractivity contribution in [3.63, 3.8) is 0 Å². The summed E-state index contributed by atoms with van der Waals surface area (Å²) in [5, 5.41) is 3.07. The summed E-state index contributed by atoms with van der Waals surface area (Å²) >= 11 is 0. The van der Waals surface area contributed by atoms with Crippen molar-refractivity contribution in [1.82, 2.24) is 10.2 Å². The average molecular weight is 214 g/mol. The van der Waals surface area contributed by atoms with Crippen molar-refractivity contribution < 1.29 is 0 Å². The molecule has 0 aliphatic carbocycles. The van der Waals surface area contributed by atoms with E-state index in [9.17, 15) is 0 Å². The fraction of sp³-hybridized carbons (Fsp3) is 0.909. The Morgan fingerprint density at radius 3 is 2.27 bits per heavy atom. The van der Waals surface area contributed by atoms with Crippen molar-refractivity contribution in [2.45, 2.75) is 33.1 Å². The van der Waals surface area contributed by atoms with E-state index in [4.69, 9.17) is 5.73 Å². The predicted octanol–water partition coefficient (Wildman–Crippen LogP) is 1.03. The molecule has 0 spiro atoms. The molecule has 0 aromatic heterocycles. The third kappa shape index (κ3) is 8.24. The first-order valence-electron chi connectivity index (χ1n) is 5.93. The van der Waals surface area contributed by atoms with Gasteiger partial charge in [-0.2, -0.15) is 0 Å². The summed E-state index contributed by atoms with van der Waals surface area (Å²) in [4.78, 5) is 6.35. The predicted molar refractivity (Wildman–Crippen MR) is 67.2 cm³/mol. The van der Waals surface area contributed by atoms with Crippen LogP contribution in [0.25, 0.3) is 0 Å². The number of rotatable bonds is 8. The molecule has 90 valence electrons. The molecule has 0 aliphatic rings. The van der Waals surface area contributed by atoms with Crippen LogP contribution >= 0.6 is 0 Å². The Hall–Kier alpha value is -0.770. The Balaban J connectivity index is 3.52. The maximum absolute atomic E-state index is 5.53. The molecule has 4 nitrogen and oxygen atoms in total. The SMILES string of the molecule is CCCN(CCC)CCCNC(N)=NC. The molecule has 0 aliphatic heterocycles. The highest BCUT2D eigenvalue weighted by molar-refractivity contribution is 5.77. The fourth-order valence-corrected chi connectivity index (χ4v) is 1.57. The normalized spacial score (nSPS) is 12.1. The largest absolute Gasteiger partial charge is 0.370 e. The van der Waals surface area contributed by atoms with Gasteiger partial charge in [-0.1, -0.05) is 13.8 Å². The van der Waals surface area contributed by atoms with Crippen LogP contribution in [0.1, 0.15) is 33.1 Å². The van der Waals surface area contributed by atoms with Gasteiger partial charge in [0.05, 0.1) is 0 Å². The Labute approximate surface area is 93.9 Å². The lowest BCUT2D eigenvalue weighted by Gasteiger charge is -2.20. The highest BCUT2D eigenvalue weighted by atomic mass is 15.1. The van der Waals surface area contributed by atoms with Gasteiger partial charge < -0.3 is 16.0 Å². The number of nitrogens with two attached hydrogens (primary N) is 1. The van der Waals surface area contributed by atoms with Gasteiger partial charge >= 0.3 is 0 Å². The van der Waals surface area contributed by atoms with Gasteiger partial charge in [0.25, 0.3) is 0 Å². The van der Waals surface area contributed by atoms with Crippen LogP contribution in [0.2, 0.25) is 0 Å². The van der Waals surface area contributed by atoms with Gasteiger partial charge in [-0.15, -0.1) is 0 Å². The van der Waals surface area contributed by atoms with E-state index < -0.39 is 0 Å². The standard InChI is InChI=1S/C11H26N4/c1-4-8-15(9-5-2)10-6-7-14-11(12)13-3/h4-10H2,1-3H3,(H3,12,13,14). The average Bonchev–Trinajstić information content (AvgIpc) is 2.24. The van der Waals surface area contributed by atoms with Crippen LogP contribution in [-0.2, 0) is 0 Å². The topological polar surface area (TPSA) is 53.6 Å². The van der Waals surface area contributed by atoms with Gasteiger partial charge in [-0.05, 0) is 38.9 Å². The van der Waals surface area contributed by atoms with Gasteiger partial charge in [-0.25, -0.2) is 0 Å². The van der Waals surface area contributed by atoms with Crippen LogP contribution < -0.4 is 11.1 Å². The monoisotopic (exact) mass is 214 g/mol. The second kappa shape index (κ2) is 9.77. The van der Waals surface area contributed by atoms with E-state index in [1.165, 1.54) is 25.9 Å². The molecule has 0 saturated carbocycles. The number of aliphatic imine (C=N–C) groups is 1. The quantitative estimate of drug-likeness (QED) is 0.360. The van der Waals surface area contributed by atoms with E-state index in [2.05, 4.69) is 29.1 Å². The molecule has 15 heavy (non-hydrogen) atoms. The lowest BCUT2D eigenvalue weighted by atomic mass is 10.3. The zero-order valence-corrected chi connectivity index (χ0v) is 10.4. The number of hydrogen-bond donors (Lipinski definition) is 2. The molecule has 0 aromatic carbocycles. The van der Waals surface area contributed by atoms with Crippen LogP contribution in [0.3, 0.4) is 0 Å². The van der Waals surface area contributed by atoms with E-state index in [0.717, 1.165) is 19.5 Å². The first-order valence-corrected chi connectivity index (χ1v) is 5.93. The minimum absolute atomic E-state index is 0.535. The minimum atomic E-state index is 0.535. The van der Waals surface area contributed by atoms with Crippen molar-refractivity contribution in [2.75, 3.05) is 33.2 Å². The van der Waals surface area contributed by atoms with Crippen LogP contribution in [0.15, 0.2) is 4.99 Å². The van der Waals surface area contributed by atoms with Crippen LogP contribution in [0.4, 0.5) is 0 Å². The summed E-state index contributed by atoms with van der Waals surface area (Å²) in [7, 11) is 1.70. The summed E-state index contributed by atoms with van der Waals surface area (Å²) < 4.78 is 0. The Morgan fingerprint density at radius 1 is 1.20 bits per heavy atom. The second-order valence-electron chi connectivity index (χ2n) is 3.73. The highest BCUT2D eigenvalue weighted by Crippen LogP contribution is 1.95. The first-order chi connectivity index (χ1) is 7.24. The Kier molecular flexibility index (Phi) is 9.27. The summed E-state index contributed by atoms with van der Waals surface area (Å²) in [6.07, 6.45) is 3.58. The molecule has 0 amide bonds. The molecule has 0 bridgehead atoms. The van der Waals surface area contributed by atoms with Gasteiger partial charge in [0.2, 0.25) is 0 Å². The molecule has 0 rings (SSSR count). The maximum Gasteiger partial charge on any atom is 0.188 e. The molecule has 0 radical (unpaired) electrons. The molecule has 0 unspecified atom stereocenters. The van der Waals surface area contributed by atoms with E-state index in [-0.39, 0.29) is 0 Å². The highest BCUT2D eigenvalue weighted by Gasteiger charge is 2.01. The lowest BCUT2D eigenvalue weighted by molar-refractivity contribution is 0.272. The number of nitrogens with zero attached hydrogens (tertiary/aromatic N) is 2. The summed E-state index contributed by atoms with van der Waals surface area (Å²) in [6.45, 7) is 8.90. The molecule has 3 N–H and O–H groups in total. The lowest BCUT2D eigenvalue weighted by Crippen LogP contribution is -2.34. The zero-order valence-electron chi connectivity index (χ0n) is 10.4. The summed E-state index contributed by atoms with van der Waals surface area (Å²) in [5.41, 5.74) is 5.53. The molecule has 0 heterocycles. The maximum atomic E-state index is 5.53. The second-order valence-corrected chi connectivity index (χ2v) is 3.73. The van der Waals surface area contributed by atoms with Crippen LogP contribution in [0.5, 0.6) is 0 Å². The van der Waals surface area contributed by atoms with Gasteiger partial charge in [0, 0.05) is 13.6 Å². The summed E-state index contributed by atoms with van der Waals surface area (Å²) in [6, 6.07) is 0. The third-order valence-electron chi connectivity index (χ3n) is 2.28. The third-order valence-corrected chi connectivity index (χ3v) is 2.28. The van der Waals surface area contributed by atoms with E-state index in [1.54, 1.807) is 7.05 Å². The van der Waals surface area contributed by atoms with Crippen molar-refractivity contribution in [2.24, 2.45) is 10.7 Å². The Bertz CT molecular complexity index is 162. The fourth-order valence-electron chi connectivity index (χ4n) is 1.57. The van der Waals surface area contributed by atoms with E-state index in [0.29, 0.717) is 5.96 Å². The zero-order chi connectivity index (χ0) is 11.5. The van der Waals surface area contributed by atoms with Crippen molar-refractivity contribution in [3.8, 4) is 0 Å². The van der Waals surface area contributed by atoms with Crippen LogP contribution in [-0.4, -0.2) is 44.1 Å². The summed E-state index contributed by atoms with van der Waals surface area (Å²) in [5.74, 6) is 0.535. The number of hydrogen-bond acceptors (Lipinski definition) is 2. The van der Waals surface area contributed by atoms with Crippen molar-refractivity contribution in [1.29, 1.82) is 0 Å². The molecule has 0 atom stereocenters. The molecule has 0 saturated heterocycles. The molecular formula is C11H26N4. The van der Waals surface area contributed by atoms with Crippen LogP contribution in [0, 0.1) is 0 Å². The molecule has 0 aromatic rings. The van der Waals surface area contributed by atoms with Crippen molar-refractivity contribution >= 4 is 5.96 Å². The molecular weight excluding hydrogens is 188 g/mol. The smallest absolute Gasteiger partial charge is 0.188 e.